The number of primary amides is 1. The Hall–Kier alpha value is -1.75. The van der Waals surface area contributed by atoms with Gasteiger partial charge in [0.2, 0.25) is 5.91 Å². The number of hydrogen-bond donors (Lipinski definition) is 2. The minimum absolute atomic E-state index is 0.402. The molecule has 112 valence electrons. The van der Waals surface area contributed by atoms with Gasteiger partial charge in [0.1, 0.15) is 12.4 Å². The van der Waals surface area contributed by atoms with Crippen molar-refractivity contribution in [3.05, 3.63) is 23.8 Å². The van der Waals surface area contributed by atoms with Gasteiger partial charge in [-0.3, -0.25) is 9.69 Å². The summed E-state index contributed by atoms with van der Waals surface area (Å²) in [7, 11) is 0. The number of nitrogens with two attached hydrogens (primary N) is 2. The molecule has 1 rings (SSSR count). The Kier molecular flexibility index (Phi) is 5.82. The number of benzene rings is 1. The first-order valence-corrected chi connectivity index (χ1v) is 6.90. The van der Waals surface area contributed by atoms with Crippen molar-refractivity contribution in [2.24, 2.45) is 5.73 Å². The van der Waals surface area contributed by atoms with E-state index >= 15 is 0 Å². The van der Waals surface area contributed by atoms with Crippen LogP contribution in [0.25, 0.3) is 0 Å². The summed E-state index contributed by atoms with van der Waals surface area (Å²) in [5.41, 5.74) is 12.0. The summed E-state index contributed by atoms with van der Waals surface area (Å²) in [5, 5.41) is 0. The van der Waals surface area contributed by atoms with Gasteiger partial charge in [0.15, 0.2) is 0 Å². The minimum Gasteiger partial charge on any atom is -0.490 e. The van der Waals surface area contributed by atoms with Crippen LogP contribution in [-0.2, 0) is 0 Å². The molecule has 0 aliphatic carbocycles. The summed E-state index contributed by atoms with van der Waals surface area (Å²) in [6.07, 6.45) is 0. The molecule has 4 N–H and O–H groups in total. The number of nitrogens with zero attached hydrogens (tertiary/aromatic N) is 1. The maximum absolute atomic E-state index is 11.1. The standard InChI is InChI=1S/C15H25N3O2/c1-10(2)18(11(3)4)7-8-20-14-9-12(15(17)19)5-6-13(14)16/h5-6,9-11H,7-8,16H2,1-4H3,(H2,17,19). The quantitative estimate of drug-likeness (QED) is 0.746. The molecule has 0 saturated carbocycles. The maximum atomic E-state index is 11.1. The second kappa shape index (κ2) is 7.14. The van der Waals surface area contributed by atoms with Gasteiger partial charge in [0.05, 0.1) is 5.69 Å². The fourth-order valence-corrected chi connectivity index (χ4v) is 2.19. The van der Waals surface area contributed by atoms with E-state index in [1.807, 2.05) is 0 Å². The van der Waals surface area contributed by atoms with Gasteiger partial charge in [-0.05, 0) is 45.9 Å². The minimum atomic E-state index is -0.485. The topological polar surface area (TPSA) is 81.6 Å². The Morgan fingerprint density at radius 3 is 2.35 bits per heavy atom. The van der Waals surface area contributed by atoms with E-state index in [4.69, 9.17) is 16.2 Å². The van der Waals surface area contributed by atoms with Crippen LogP contribution in [0.15, 0.2) is 18.2 Å². The zero-order valence-electron chi connectivity index (χ0n) is 12.7. The van der Waals surface area contributed by atoms with E-state index in [-0.39, 0.29) is 0 Å². The van der Waals surface area contributed by atoms with Gasteiger partial charge >= 0.3 is 0 Å². The van der Waals surface area contributed by atoms with Crippen LogP contribution >= 0.6 is 0 Å². The monoisotopic (exact) mass is 279 g/mol. The molecule has 0 fully saturated rings. The van der Waals surface area contributed by atoms with Gasteiger partial charge in [-0.1, -0.05) is 0 Å². The average molecular weight is 279 g/mol. The normalized spacial score (nSPS) is 11.3. The molecule has 0 radical (unpaired) electrons. The van der Waals surface area contributed by atoms with Crippen LogP contribution in [0, 0.1) is 0 Å². The average Bonchev–Trinajstić information content (AvgIpc) is 2.35. The molecule has 0 aliphatic rings. The Bertz CT molecular complexity index is 450. The second-order valence-corrected chi connectivity index (χ2v) is 5.39. The lowest BCUT2D eigenvalue weighted by Gasteiger charge is -2.30. The van der Waals surface area contributed by atoms with Crippen molar-refractivity contribution in [2.75, 3.05) is 18.9 Å². The largest absolute Gasteiger partial charge is 0.490 e. The van der Waals surface area contributed by atoms with Crippen molar-refractivity contribution < 1.29 is 9.53 Å². The highest BCUT2D eigenvalue weighted by Crippen LogP contribution is 2.22. The summed E-state index contributed by atoms with van der Waals surface area (Å²) in [4.78, 5) is 13.5. The number of nitrogen functional groups attached to an aromatic ring is 1. The van der Waals surface area contributed by atoms with E-state index in [0.717, 1.165) is 6.54 Å². The molecule has 0 aromatic heterocycles. The van der Waals surface area contributed by atoms with Gasteiger partial charge in [0, 0.05) is 24.2 Å². The van der Waals surface area contributed by atoms with E-state index in [2.05, 4.69) is 32.6 Å². The molecule has 0 bridgehead atoms. The van der Waals surface area contributed by atoms with Crippen LogP contribution in [0.3, 0.4) is 0 Å². The molecule has 1 aromatic carbocycles. The number of ether oxygens (including phenoxy) is 1. The van der Waals surface area contributed by atoms with Crippen LogP contribution < -0.4 is 16.2 Å². The first kappa shape index (κ1) is 16.3. The lowest BCUT2D eigenvalue weighted by atomic mass is 10.2. The molecule has 5 heteroatoms. The third-order valence-corrected chi connectivity index (χ3v) is 3.23. The van der Waals surface area contributed by atoms with Gasteiger partial charge in [-0.15, -0.1) is 0 Å². The lowest BCUT2D eigenvalue weighted by Crippen LogP contribution is -2.39. The molecule has 0 unspecified atom stereocenters. The van der Waals surface area contributed by atoms with Gasteiger partial charge in [-0.25, -0.2) is 0 Å². The second-order valence-electron chi connectivity index (χ2n) is 5.39. The third-order valence-electron chi connectivity index (χ3n) is 3.23. The molecule has 1 aromatic rings. The van der Waals surface area contributed by atoms with E-state index in [1.54, 1.807) is 18.2 Å². The van der Waals surface area contributed by atoms with Crippen LogP contribution in [0.1, 0.15) is 38.1 Å². The van der Waals surface area contributed by atoms with Crippen LogP contribution in [0.2, 0.25) is 0 Å². The Morgan fingerprint density at radius 2 is 1.85 bits per heavy atom. The highest BCUT2D eigenvalue weighted by Gasteiger charge is 2.13. The Labute approximate surface area is 120 Å². The summed E-state index contributed by atoms with van der Waals surface area (Å²) >= 11 is 0. The number of carbonyl (C=O) groups is 1. The van der Waals surface area contributed by atoms with Gasteiger partial charge in [-0.2, -0.15) is 0 Å². The Balaban J connectivity index is 2.65. The fraction of sp³-hybridized carbons (Fsp3) is 0.533. The number of hydrogen-bond acceptors (Lipinski definition) is 4. The van der Waals surface area contributed by atoms with Crippen molar-refractivity contribution in [3.63, 3.8) is 0 Å². The Morgan fingerprint density at radius 1 is 1.25 bits per heavy atom. The van der Waals surface area contributed by atoms with Gasteiger partial charge in [0.25, 0.3) is 0 Å². The van der Waals surface area contributed by atoms with E-state index in [0.29, 0.717) is 35.7 Å². The first-order valence-electron chi connectivity index (χ1n) is 6.90. The fourth-order valence-electron chi connectivity index (χ4n) is 2.19. The van der Waals surface area contributed by atoms with Crippen molar-refractivity contribution in [3.8, 4) is 5.75 Å². The molecule has 1 amide bonds. The van der Waals surface area contributed by atoms with Crippen molar-refractivity contribution in [2.45, 2.75) is 39.8 Å². The van der Waals surface area contributed by atoms with Crippen molar-refractivity contribution in [1.29, 1.82) is 0 Å². The molecule has 0 aliphatic heterocycles. The van der Waals surface area contributed by atoms with Crippen molar-refractivity contribution in [1.82, 2.24) is 4.90 Å². The summed E-state index contributed by atoms with van der Waals surface area (Å²) in [6, 6.07) is 5.73. The van der Waals surface area contributed by atoms with Crippen LogP contribution in [0.4, 0.5) is 5.69 Å². The number of amides is 1. The van der Waals surface area contributed by atoms with E-state index in [1.165, 1.54) is 0 Å². The predicted octanol–water partition coefficient (Wildman–Crippen LogP) is 1.87. The van der Waals surface area contributed by atoms with Crippen LogP contribution in [-0.4, -0.2) is 36.0 Å². The molecular weight excluding hydrogens is 254 g/mol. The molecular formula is C15H25N3O2. The summed E-state index contributed by atoms with van der Waals surface area (Å²) in [6.45, 7) is 9.94. The molecule has 0 spiro atoms. The highest BCUT2D eigenvalue weighted by atomic mass is 16.5. The van der Waals surface area contributed by atoms with Gasteiger partial charge < -0.3 is 16.2 Å². The zero-order valence-corrected chi connectivity index (χ0v) is 12.7. The van der Waals surface area contributed by atoms with E-state index < -0.39 is 5.91 Å². The highest BCUT2D eigenvalue weighted by molar-refractivity contribution is 5.93. The zero-order chi connectivity index (χ0) is 15.3. The molecule has 0 atom stereocenters. The molecule has 20 heavy (non-hydrogen) atoms. The molecule has 0 heterocycles. The number of carbonyl (C=O) groups excluding carboxylic acids is 1. The molecule has 5 nitrogen and oxygen atoms in total. The third kappa shape index (κ3) is 4.42. The lowest BCUT2D eigenvalue weighted by molar-refractivity contribution is 0.0999. The predicted molar refractivity (Wildman–Crippen MR) is 81.8 cm³/mol. The van der Waals surface area contributed by atoms with E-state index in [9.17, 15) is 4.79 Å². The summed E-state index contributed by atoms with van der Waals surface area (Å²) < 4.78 is 5.68. The van der Waals surface area contributed by atoms with Crippen LogP contribution in [0.5, 0.6) is 5.75 Å². The first-order chi connectivity index (χ1) is 9.32. The smallest absolute Gasteiger partial charge is 0.248 e. The molecule has 0 saturated heterocycles. The van der Waals surface area contributed by atoms with Crippen molar-refractivity contribution >= 4 is 11.6 Å². The summed E-state index contributed by atoms with van der Waals surface area (Å²) in [5.74, 6) is 0.0228. The SMILES string of the molecule is CC(C)N(CCOc1cc(C(N)=O)ccc1N)C(C)C. The number of anilines is 1. The number of rotatable bonds is 7. The maximum Gasteiger partial charge on any atom is 0.248 e.